The number of aryl methyl sites for hydroxylation is 1. The number of aromatic nitrogens is 3. The van der Waals surface area contributed by atoms with Crippen molar-refractivity contribution >= 4 is 32.6 Å². The van der Waals surface area contributed by atoms with Crippen molar-refractivity contribution in [2.24, 2.45) is 0 Å². The molecule has 1 aliphatic heterocycles. The van der Waals surface area contributed by atoms with Crippen LogP contribution in [0.3, 0.4) is 0 Å². The van der Waals surface area contributed by atoms with Crippen molar-refractivity contribution < 1.29 is 39.6 Å². The summed E-state index contributed by atoms with van der Waals surface area (Å²) in [7, 11) is -4.04. The number of carbonyl (C=O) groups excluding carboxylic acids is 1. The first kappa shape index (κ1) is 32.7. The van der Waals surface area contributed by atoms with Gasteiger partial charge in [-0.05, 0) is 43.7 Å². The Bertz CT molecular complexity index is 2100. The number of benzene rings is 2. The molecule has 2 aromatic carbocycles. The predicted molar refractivity (Wildman–Crippen MR) is 157 cm³/mol. The summed E-state index contributed by atoms with van der Waals surface area (Å²) in [5, 5.41) is -0.227. The van der Waals surface area contributed by atoms with Crippen molar-refractivity contribution in [2.45, 2.75) is 31.0 Å². The van der Waals surface area contributed by atoms with Crippen molar-refractivity contribution in [3.05, 3.63) is 88.1 Å². The number of nitrogens with zero attached hydrogens (tertiary/aromatic N) is 5. The van der Waals surface area contributed by atoms with Crippen molar-refractivity contribution in [1.29, 1.82) is 0 Å². The third kappa shape index (κ3) is 5.72. The second-order valence-corrected chi connectivity index (χ2v) is 12.8. The third-order valence-electron chi connectivity index (χ3n) is 7.60. The van der Waals surface area contributed by atoms with Crippen molar-refractivity contribution in [2.75, 3.05) is 30.8 Å². The fourth-order valence-electron chi connectivity index (χ4n) is 5.55. The van der Waals surface area contributed by atoms with E-state index in [2.05, 4.69) is 16.5 Å². The number of sulfone groups is 1. The molecule has 1 fully saturated rings. The lowest BCUT2D eigenvalue weighted by atomic mass is 10.0. The normalized spacial score (nSPS) is 15.8. The van der Waals surface area contributed by atoms with Gasteiger partial charge in [-0.3, -0.25) is 4.79 Å². The van der Waals surface area contributed by atoms with Gasteiger partial charge in [0, 0.05) is 31.9 Å². The predicted octanol–water partition coefficient (Wildman–Crippen LogP) is 4.98. The lowest BCUT2D eigenvalue weighted by Crippen LogP contribution is -2.54. The zero-order valence-electron chi connectivity index (χ0n) is 24.5. The largest absolute Gasteiger partial charge is 0.417 e. The summed E-state index contributed by atoms with van der Waals surface area (Å²) >= 11 is 0. The van der Waals surface area contributed by atoms with Crippen LogP contribution in [0.2, 0.25) is 0 Å². The van der Waals surface area contributed by atoms with Crippen molar-refractivity contribution in [3.63, 3.8) is 0 Å². The highest BCUT2D eigenvalue weighted by atomic mass is 32.2. The number of fused-ring (bicyclic) bond motifs is 1. The van der Waals surface area contributed by atoms with Gasteiger partial charge in [-0.15, -0.1) is 0 Å². The highest BCUT2D eigenvalue weighted by molar-refractivity contribution is 7.90. The van der Waals surface area contributed by atoms with Gasteiger partial charge >= 0.3 is 11.9 Å². The molecule has 0 saturated carbocycles. The number of anilines is 1. The Morgan fingerprint density at radius 2 is 1.72 bits per heavy atom. The number of para-hydroxylation sites is 1. The first-order chi connectivity index (χ1) is 21.4. The van der Waals surface area contributed by atoms with Gasteiger partial charge in [0.15, 0.2) is 27.1 Å². The zero-order chi connectivity index (χ0) is 33.9. The number of carbonyl (C=O) groups is 1. The molecule has 3 heterocycles. The summed E-state index contributed by atoms with van der Waals surface area (Å²) in [6.45, 7) is 5.91. The average Bonchev–Trinajstić information content (AvgIpc) is 2.96. The number of halogens is 6. The van der Waals surface area contributed by atoms with Crippen LogP contribution in [-0.2, 0) is 20.8 Å². The number of hydrogen-bond acceptors (Lipinski definition) is 7. The first-order valence-corrected chi connectivity index (χ1v) is 15.5. The molecule has 46 heavy (non-hydrogen) atoms. The standard InChI is InChI=1S/C30H25F6N5O4S/c1-15-7-5-10-22(46(4,44)45)25(15)41-27-18(13-21(33)24(37-27)23-19(30(34,35)36)8-6-9-20(23)32)26(38-29(41)43)40-12-11-39(14-16(40)2)28(42)17(3)31/h5-10,13,16H,3,11-12,14H2,1-2,4H3/t16-/m0/s1. The van der Waals surface area contributed by atoms with Gasteiger partial charge in [0.25, 0.3) is 5.91 Å². The highest BCUT2D eigenvalue weighted by Gasteiger charge is 2.37. The van der Waals surface area contributed by atoms with E-state index in [0.717, 1.165) is 23.0 Å². The SMILES string of the molecule is C=C(F)C(=O)N1CCN(c2nc(=O)n(-c3c(C)cccc3S(C)(=O)=O)c3nc(-c4c(F)cccc4C(F)(F)F)c(F)cc23)[C@@H](C)C1. The number of rotatable bonds is 5. The van der Waals surface area contributed by atoms with Crippen molar-refractivity contribution in [1.82, 2.24) is 19.4 Å². The second kappa shape index (κ2) is 11.6. The number of pyridine rings is 1. The van der Waals surface area contributed by atoms with Crippen LogP contribution in [-0.4, -0.2) is 65.7 Å². The van der Waals surface area contributed by atoms with Crippen LogP contribution in [0.4, 0.5) is 32.2 Å². The molecule has 16 heteroatoms. The van der Waals surface area contributed by atoms with Crippen LogP contribution in [0.5, 0.6) is 0 Å². The Hall–Kier alpha value is -4.73. The van der Waals surface area contributed by atoms with Gasteiger partial charge in [-0.2, -0.15) is 18.2 Å². The fraction of sp³-hybridized carbons (Fsp3) is 0.267. The molecule has 2 aromatic heterocycles. The van der Waals surface area contributed by atoms with Gasteiger partial charge < -0.3 is 9.80 Å². The molecular formula is C30H25F6N5O4S. The van der Waals surface area contributed by atoms with Crippen LogP contribution in [0.1, 0.15) is 18.1 Å². The average molecular weight is 666 g/mol. The van der Waals surface area contributed by atoms with Crippen LogP contribution >= 0.6 is 0 Å². The Kier molecular flexibility index (Phi) is 8.21. The third-order valence-corrected chi connectivity index (χ3v) is 8.73. The Labute approximate surface area is 258 Å². The molecule has 4 aromatic rings. The van der Waals surface area contributed by atoms with Crippen LogP contribution < -0.4 is 10.6 Å². The monoisotopic (exact) mass is 665 g/mol. The molecular weight excluding hydrogens is 640 g/mol. The summed E-state index contributed by atoms with van der Waals surface area (Å²) in [4.78, 5) is 36.6. The van der Waals surface area contributed by atoms with E-state index in [4.69, 9.17) is 0 Å². The molecule has 1 saturated heterocycles. The van der Waals surface area contributed by atoms with Gasteiger partial charge in [-0.1, -0.05) is 24.8 Å². The van der Waals surface area contributed by atoms with E-state index in [1.54, 1.807) is 6.92 Å². The summed E-state index contributed by atoms with van der Waals surface area (Å²) in [6.07, 6.45) is -4.25. The number of alkyl halides is 3. The number of amides is 1. The van der Waals surface area contributed by atoms with E-state index < -0.39 is 73.6 Å². The maximum Gasteiger partial charge on any atom is 0.417 e. The molecule has 0 N–H and O–H groups in total. The fourth-order valence-corrected chi connectivity index (χ4v) is 6.48. The molecule has 5 rings (SSSR count). The summed E-state index contributed by atoms with van der Waals surface area (Å²) in [5.41, 5.74) is -5.47. The molecule has 9 nitrogen and oxygen atoms in total. The van der Waals surface area contributed by atoms with Gasteiger partial charge in [-0.25, -0.2) is 35.9 Å². The van der Waals surface area contributed by atoms with E-state index in [-0.39, 0.29) is 47.0 Å². The number of piperazine rings is 1. The molecule has 1 atom stereocenters. The van der Waals surface area contributed by atoms with Gasteiger partial charge in [0.05, 0.1) is 27.1 Å². The van der Waals surface area contributed by atoms with E-state index in [0.29, 0.717) is 12.1 Å². The van der Waals surface area contributed by atoms with Gasteiger partial charge in [0.2, 0.25) is 0 Å². The van der Waals surface area contributed by atoms with Crippen LogP contribution in [0.15, 0.2) is 64.6 Å². The van der Waals surface area contributed by atoms with E-state index in [1.165, 1.54) is 34.9 Å². The number of hydrogen-bond donors (Lipinski definition) is 0. The minimum absolute atomic E-state index is 0.0421. The lowest BCUT2D eigenvalue weighted by molar-refractivity contribution is -0.137. The zero-order valence-corrected chi connectivity index (χ0v) is 25.3. The quantitative estimate of drug-likeness (QED) is 0.219. The molecule has 0 bridgehead atoms. The summed E-state index contributed by atoms with van der Waals surface area (Å²) < 4.78 is 113. The molecule has 1 amide bonds. The Morgan fingerprint density at radius 1 is 1.04 bits per heavy atom. The van der Waals surface area contributed by atoms with Gasteiger partial charge in [0.1, 0.15) is 17.3 Å². The molecule has 1 aliphatic rings. The minimum atomic E-state index is -5.12. The molecule has 0 spiro atoms. The van der Waals surface area contributed by atoms with Crippen LogP contribution in [0.25, 0.3) is 28.0 Å². The summed E-state index contributed by atoms with van der Waals surface area (Å²) in [6, 6.07) is 6.21. The first-order valence-electron chi connectivity index (χ1n) is 13.6. The maximum atomic E-state index is 15.9. The lowest BCUT2D eigenvalue weighted by Gasteiger charge is -2.40. The Balaban J connectivity index is 1.87. The highest BCUT2D eigenvalue weighted by Crippen LogP contribution is 2.40. The second-order valence-electron chi connectivity index (χ2n) is 10.8. The molecule has 0 radical (unpaired) electrons. The molecule has 0 unspecified atom stereocenters. The molecule has 0 aliphatic carbocycles. The molecule has 242 valence electrons. The minimum Gasteiger partial charge on any atom is -0.350 e. The smallest absolute Gasteiger partial charge is 0.350 e. The topological polar surface area (TPSA) is 105 Å². The van der Waals surface area contributed by atoms with E-state index in [1.807, 2.05) is 0 Å². The van der Waals surface area contributed by atoms with Crippen molar-refractivity contribution in [3.8, 4) is 16.9 Å². The maximum absolute atomic E-state index is 15.9. The van der Waals surface area contributed by atoms with Crippen LogP contribution in [0, 0.1) is 18.6 Å². The van der Waals surface area contributed by atoms with E-state index in [9.17, 15) is 35.6 Å². The Morgan fingerprint density at radius 3 is 2.33 bits per heavy atom. The summed E-state index contributed by atoms with van der Waals surface area (Å²) in [5.74, 6) is -5.15. The van der Waals surface area contributed by atoms with E-state index >= 15 is 8.78 Å².